The van der Waals surface area contributed by atoms with Crippen molar-refractivity contribution in [3.63, 3.8) is 0 Å². The normalized spacial score (nSPS) is 29.0. The molecule has 0 aliphatic heterocycles. The summed E-state index contributed by atoms with van der Waals surface area (Å²) in [5.74, 6) is 0.486. The minimum atomic E-state index is -0.896. The average Bonchev–Trinajstić information content (AvgIpc) is 2.92. The van der Waals surface area contributed by atoms with Crippen molar-refractivity contribution in [1.29, 1.82) is 0 Å². The fourth-order valence-electron chi connectivity index (χ4n) is 3.52. The van der Waals surface area contributed by atoms with Crippen molar-refractivity contribution < 1.29 is 13.7 Å². The van der Waals surface area contributed by atoms with E-state index in [0.717, 1.165) is 32.1 Å². The smallest absolute Gasteiger partial charge is 0.315 e. The number of hydrogen-bond donors (Lipinski definition) is 2. The van der Waals surface area contributed by atoms with Gasteiger partial charge >= 0.3 is 6.03 Å². The van der Waals surface area contributed by atoms with Gasteiger partial charge in [-0.1, -0.05) is 25.7 Å². The Hall–Kier alpha value is -0.620. The van der Waals surface area contributed by atoms with Crippen molar-refractivity contribution >= 4 is 16.8 Å². The van der Waals surface area contributed by atoms with Gasteiger partial charge in [0.25, 0.3) is 0 Å². The third-order valence-corrected chi connectivity index (χ3v) is 5.52. The first-order valence-electron chi connectivity index (χ1n) is 8.57. The zero-order valence-corrected chi connectivity index (χ0v) is 14.6. The van der Waals surface area contributed by atoms with Gasteiger partial charge in [-0.2, -0.15) is 0 Å². The molecule has 0 aromatic heterocycles. The summed E-state index contributed by atoms with van der Waals surface area (Å²) in [6.07, 6.45) is 11.4. The molecule has 0 saturated heterocycles. The Morgan fingerprint density at radius 3 is 2.50 bits per heavy atom. The molecule has 2 amide bonds. The van der Waals surface area contributed by atoms with Crippen molar-refractivity contribution in [2.75, 3.05) is 12.0 Å². The highest BCUT2D eigenvalue weighted by Crippen LogP contribution is 2.28. The zero-order valence-electron chi connectivity index (χ0n) is 13.8. The highest BCUT2D eigenvalue weighted by molar-refractivity contribution is 7.84. The number of amides is 2. The third kappa shape index (κ3) is 5.88. The quantitative estimate of drug-likeness (QED) is 0.785. The predicted molar refractivity (Wildman–Crippen MR) is 89.4 cm³/mol. The molecule has 22 heavy (non-hydrogen) atoms. The van der Waals surface area contributed by atoms with E-state index in [-0.39, 0.29) is 24.2 Å². The van der Waals surface area contributed by atoms with E-state index in [1.54, 1.807) is 6.26 Å². The maximum atomic E-state index is 12.1. The number of rotatable bonds is 6. The van der Waals surface area contributed by atoms with Crippen LogP contribution in [0.4, 0.5) is 4.79 Å². The van der Waals surface area contributed by atoms with Crippen LogP contribution in [0.3, 0.4) is 0 Å². The number of ether oxygens (including phenoxy) is 1. The topological polar surface area (TPSA) is 67.4 Å². The van der Waals surface area contributed by atoms with E-state index in [0.29, 0.717) is 11.9 Å². The van der Waals surface area contributed by atoms with E-state index in [2.05, 4.69) is 10.6 Å². The van der Waals surface area contributed by atoms with Crippen LogP contribution in [0.1, 0.15) is 58.3 Å². The fraction of sp³-hybridized carbons (Fsp3) is 0.938. The molecule has 0 aromatic rings. The molecule has 0 aromatic carbocycles. The average molecular weight is 330 g/mol. The molecule has 2 aliphatic carbocycles. The Morgan fingerprint density at radius 2 is 1.82 bits per heavy atom. The lowest BCUT2D eigenvalue weighted by atomic mass is 9.92. The second-order valence-corrected chi connectivity index (χ2v) is 8.21. The fourth-order valence-corrected chi connectivity index (χ4v) is 4.31. The second kappa shape index (κ2) is 8.87. The summed E-state index contributed by atoms with van der Waals surface area (Å²) in [4.78, 5) is 12.1. The Labute approximate surface area is 136 Å². The van der Waals surface area contributed by atoms with Crippen LogP contribution in [0.2, 0.25) is 0 Å². The zero-order chi connectivity index (χ0) is 15.9. The van der Waals surface area contributed by atoms with Crippen LogP contribution in [0.25, 0.3) is 0 Å². The largest absolute Gasteiger partial charge is 0.373 e. The second-order valence-electron chi connectivity index (χ2n) is 6.73. The highest BCUT2D eigenvalue weighted by atomic mass is 32.2. The van der Waals surface area contributed by atoms with E-state index in [1.165, 1.54) is 19.3 Å². The van der Waals surface area contributed by atoms with Crippen LogP contribution in [0, 0.1) is 0 Å². The molecule has 0 spiro atoms. The van der Waals surface area contributed by atoms with Crippen LogP contribution in [0.5, 0.6) is 0 Å². The van der Waals surface area contributed by atoms with Gasteiger partial charge in [0.15, 0.2) is 0 Å². The van der Waals surface area contributed by atoms with E-state index in [1.807, 2.05) is 6.92 Å². The van der Waals surface area contributed by atoms with E-state index >= 15 is 0 Å². The highest BCUT2D eigenvalue weighted by Gasteiger charge is 2.30. The predicted octanol–water partition coefficient (Wildman–Crippen LogP) is 2.32. The van der Waals surface area contributed by atoms with Gasteiger partial charge in [0.1, 0.15) is 0 Å². The van der Waals surface area contributed by atoms with Gasteiger partial charge in [-0.3, -0.25) is 4.21 Å². The van der Waals surface area contributed by atoms with E-state index in [4.69, 9.17) is 4.74 Å². The summed E-state index contributed by atoms with van der Waals surface area (Å²) in [5, 5.41) is 5.95. The van der Waals surface area contributed by atoms with E-state index in [9.17, 15) is 9.00 Å². The van der Waals surface area contributed by atoms with Crippen molar-refractivity contribution in [2.24, 2.45) is 0 Å². The van der Waals surface area contributed by atoms with Crippen molar-refractivity contribution in [3.8, 4) is 0 Å². The van der Waals surface area contributed by atoms with Gasteiger partial charge in [0.2, 0.25) is 0 Å². The summed E-state index contributed by atoms with van der Waals surface area (Å²) in [7, 11) is -0.896. The number of carbonyl (C=O) groups is 1. The molecule has 2 rings (SSSR count). The molecule has 2 aliphatic rings. The summed E-state index contributed by atoms with van der Waals surface area (Å²) >= 11 is 0. The number of urea groups is 1. The molecule has 4 atom stereocenters. The van der Waals surface area contributed by atoms with Crippen LogP contribution in [0.15, 0.2) is 0 Å². The molecule has 2 saturated carbocycles. The minimum Gasteiger partial charge on any atom is -0.373 e. The molecule has 0 bridgehead atoms. The van der Waals surface area contributed by atoms with Gasteiger partial charge in [0, 0.05) is 28.9 Å². The summed E-state index contributed by atoms with van der Waals surface area (Å²) < 4.78 is 17.4. The lowest BCUT2D eigenvalue weighted by Gasteiger charge is -2.34. The molecule has 6 heteroatoms. The van der Waals surface area contributed by atoms with Crippen molar-refractivity contribution in [1.82, 2.24) is 10.6 Å². The molecular weight excluding hydrogens is 300 g/mol. The molecule has 2 N–H and O–H groups in total. The number of hydrogen-bond acceptors (Lipinski definition) is 3. The van der Waals surface area contributed by atoms with Gasteiger partial charge in [0.05, 0.1) is 18.2 Å². The third-order valence-electron chi connectivity index (χ3n) is 4.55. The maximum absolute atomic E-state index is 12.1. The first-order valence-corrected chi connectivity index (χ1v) is 10.3. The van der Waals surface area contributed by atoms with Crippen molar-refractivity contribution in [3.05, 3.63) is 0 Å². The van der Waals surface area contributed by atoms with Crippen LogP contribution >= 0.6 is 0 Å². The Bertz CT molecular complexity index is 386. The van der Waals surface area contributed by atoms with Gasteiger partial charge in [-0.15, -0.1) is 0 Å². The van der Waals surface area contributed by atoms with Crippen LogP contribution in [-0.4, -0.2) is 46.5 Å². The molecule has 0 unspecified atom stereocenters. The minimum absolute atomic E-state index is 0.0800. The molecule has 2 fully saturated rings. The maximum Gasteiger partial charge on any atom is 0.315 e. The van der Waals surface area contributed by atoms with Gasteiger partial charge in [-0.25, -0.2) is 4.79 Å². The Kier molecular flexibility index (Phi) is 7.15. The van der Waals surface area contributed by atoms with Crippen LogP contribution < -0.4 is 10.6 Å². The number of carbonyl (C=O) groups excluding carboxylic acids is 1. The summed E-state index contributed by atoms with van der Waals surface area (Å²) in [6, 6.07) is -0.137. The molecule has 0 radical (unpaired) electrons. The molecule has 128 valence electrons. The van der Waals surface area contributed by atoms with E-state index < -0.39 is 10.8 Å². The first-order chi connectivity index (χ1) is 10.5. The lowest BCUT2D eigenvalue weighted by molar-refractivity contribution is -0.0410. The molecule has 0 heterocycles. The molecule has 5 nitrogen and oxygen atoms in total. The number of nitrogens with one attached hydrogen (secondary N) is 2. The SMILES string of the molecule is C[C@H](C[S@](C)=O)NC(=O)N[C@H]1CCCC[C@@H]1OC1CCCC1. The monoisotopic (exact) mass is 330 g/mol. The molecular formula is C16H30N2O3S. The lowest BCUT2D eigenvalue weighted by Crippen LogP contribution is -2.52. The van der Waals surface area contributed by atoms with Gasteiger partial charge in [-0.05, 0) is 32.6 Å². The Morgan fingerprint density at radius 1 is 1.18 bits per heavy atom. The summed E-state index contributed by atoms with van der Waals surface area (Å²) in [5.41, 5.74) is 0. The van der Waals surface area contributed by atoms with Crippen LogP contribution in [-0.2, 0) is 15.5 Å². The summed E-state index contributed by atoms with van der Waals surface area (Å²) in [6.45, 7) is 1.88. The standard InChI is InChI=1S/C16H30N2O3S/c1-12(11-22(2)20)17-16(19)18-14-9-5-6-10-15(14)21-13-7-3-4-8-13/h12-15H,3-11H2,1-2H3,(H2,17,18,19)/t12-,14+,15+,22+/m1/s1. The van der Waals surface area contributed by atoms with Crippen molar-refractivity contribution in [2.45, 2.75) is 82.6 Å². The first kappa shape index (κ1) is 17.7. The van der Waals surface area contributed by atoms with Gasteiger partial charge < -0.3 is 15.4 Å². The Balaban J connectivity index is 1.79.